The van der Waals surface area contributed by atoms with E-state index in [4.69, 9.17) is 0 Å². The molecule has 1 aromatic carbocycles. The Balaban J connectivity index is 0.00000341. The van der Waals surface area contributed by atoms with Gasteiger partial charge in [-0.1, -0.05) is 18.2 Å². The number of halogens is 4. The summed E-state index contributed by atoms with van der Waals surface area (Å²) in [4.78, 5) is 6.55. The molecule has 0 aliphatic carbocycles. The molecule has 2 aliphatic rings. The Labute approximate surface area is 198 Å². The zero-order valence-electron chi connectivity index (χ0n) is 17.3. The van der Waals surface area contributed by atoms with E-state index >= 15 is 0 Å². The molecule has 1 unspecified atom stereocenters. The Morgan fingerprint density at radius 3 is 2.35 bits per heavy atom. The second-order valence-corrected chi connectivity index (χ2v) is 9.59. The summed E-state index contributed by atoms with van der Waals surface area (Å²) >= 11 is 0. The number of hydrogen-bond acceptors (Lipinski definition) is 4. The van der Waals surface area contributed by atoms with Gasteiger partial charge in [0.25, 0.3) is 0 Å². The highest BCUT2D eigenvalue weighted by Gasteiger charge is 2.50. The summed E-state index contributed by atoms with van der Waals surface area (Å²) in [5.41, 5.74) is -4.05. The second-order valence-electron chi connectivity index (χ2n) is 7.66. The summed E-state index contributed by atoms with van der Waals surface area (Å²) < 4.78 is 61.6. The van der Waals surface area contributed by atoms with Crippen LogP contribution in [0.1, 0.15) is 19.3 Å². The topological polar surface area (TPSA) is 77.0 Å². The summed E-state index contributed by atoms with van der Waals surface area (Å²) in [5, 5.41) is 6.63. The highest BCUT2D eigenvalue weighted by atomic mass is 127. The third kappa shape index (κ3) is 6.60. The monoisotopic (exact) mass is 575 g/mol. The molecule has 2 aliphatic heterocycles. The first-order valence-electron chi connectivity index (χ1n) is 10.0. The third-order valence-corrected chi connectivity index (χ3v) is 7.27. The first kappa shape index (κ1) is 26.0. The molecule has 3 rings (SSSR count). The van der Waals surface area contributed by atoms with Crippen molar-refractivity contribution in [1.82, 2.24) is 14.9 Å². The Morgan fingerprint density at radius 1 is 1.13 bits per heavy atom. The average Bonchev–Trinajstić information content (AvgIpc) is 3.20. The van der Waals surface area contributed by atoms with E-state index in [1.807, 2.05) is 18.2 Å². The van der Waals surface area contributed by atoms with Crippen molar-refractivity contribution in [3.05, 3.63) is 30.3 Å². The van der Waals surface area contributed by atoms with Gasteiger partial charge in [-0.05, 0) is 37.3 Å². The van der Waals surface area contributed by atoms with Crippen molar-refractivity contribution in [2.75, 3.05) is 44.7 Å². The van der Waals surface area contributed by atoms with Crippen molar-refractivity contribution in [3.63, 3.8) is 0 Å². The summed E-state index contributed by atoms with van der Waals surface area (Å²) in [6.07, 6.45) is 1.73. The lowest BCUT2D eigenvalue weighted by molar-refractivity contribution is -0.0496. The first-order chi connectivity index (χ1) is 14.2. The van der Waals surface area contributed by atoms with E-state index < -0.39 is 15.5 Å². The van der Waals surface area contributed by atoms with Crippen LogP contribution in [0.2, 0.25) is 0 Å². The van der Waals surface area contributed by atoms with Crippen molar-refractivity contribution in [3.8, 4) is 0 Å². The molecule has 7 nitrogen and oxygen atoms in total. The molecule has 0 spiro atoms. The van der Waals surface area contributed by atoms with E-state index in [1.54, 1.807) is 7.05 Å². The fourth-order valence-corrected chi connectivity index (χ4v) is 4.86. The van der Waals surface area contributed by atoms with Gasteiger partial charge in [0, 0.05) is 51.5 Å². The minimum atomic E-state index is -5.24. The molecule has 2 saturated heterocycles. The van der Waals surface area contributed by atoms with Crippen LogP contribution in [0.15, 0.2) is 35.3 Å². The lowest BCUT2D eigenvalue weighted by Crippen LogP contribution is -2.48. The van der Waals surface area contributed by atoms with Crippen molar-refractivity contribution in [2.45, 2.75) is 30.8 Å². The molecule has 12 heteroatoms. The third-order valence-electron chi connectivity index (χ3n) is 5.64. The standard InChI is InChI=1S/C19H28F3N5O2S.HI/c1-23-18(25-16-9-10-26(14-16)17-5-3-2-4-6-17)24-13-15-7-11-27(12-8-15)30(28,29)19(20,21)22;/h2-6,15-16H,7-14H2,1H3,(H2,23,24,25);1H. The number of benzene rings is 1. The predicted octanol–water partition coefficient (Wildman–Crippen LogP) is 2.61. The van der Waals surface area contributed by atoms with Crippen molar-refractivity contribution < 1.29 is 21.6 Å². The van der Waals surface area contributed by atoms with Crippen LogP contribution in [0.25, 0.3) is 0 Å². The van der Waals surface area contributed by atoms with Gasteiger partial charge in [0.2, 0.25) is 0 Å². The van der Waals surface area contributed by atoms with Gasteiger partial charge in [0.1, 0.15) is 0 Å². The maximum absolute atomic E-state index is 12.7. The number of hydrogen-bond donors (Lipinski definition) is 2. The molecule has 2 N–H and O–H groups in total. The van der Waals surface area contributed by atoms with Crippen molar-refractivity contribution in [1.29, 1.82) is 0 Å². The number of aliphatic imine (C=N–C) groups is 1. The first-order valence-corrected chi connectivity index (χ1v) is 11.5. The van der Waals surface area contributed by atoms with Crippen LogP contribution in [0.3, 0.4) is 0 Å². The lowest BCUT2D eigenvalue weighted by atomic mass is 9.98. The summed E-state index contributed by atoms with van der Waals surface area (Å²) in [6, 6.07) is 10.4. The van der Waals surface area contributed by atoms with Crippen LogP contribution in [0.5, 0.6) is 0 Å². The number of piperidine rings is 1. The predicted molar refractivity (Wildman–Crippen MR) is 126 cm³/mol. The van der Waals surface area contributed by atoms with Gasteiger partial charge in [-0.3, -0.25) is 4.99 Å². The van der Waals surface area contributed by atoms with Crippen LogP contribution < -0.4 is 15.5 Å². The molecule has 0 amide bonds. The Bertz CT molecular complexity index is 831. The van der Waals surface area contributed by atoms with Gasteiger partial charge < -0.3 is 15.5 Å². The van der Waals surface area contributed by atoms with E-state index in [9.17, 15) is 21.6 Å². The van der Waals surface area contributed by atoms with Crippen LogP contribution in [0.4, 0.5) is 18.9 Å². The SMILES string of the molecule is CN=C(NCC1CCN(S(=O)(=O)C(F)(F)F)CC1)NC1CCN(c2ccccc2)C1.I. The van der Waals surface area contributed by atoms with Gasteiger partial charge in [0.05, 0.1) is 0 Å². The van der Waals surface area contributed by atoms with Gasteiger partial charge >= 0.3 is 15.5 Å². The maximum atomic E-state index is 12.7. The number of nitrogens with one attached hydrogen (secondary N) is 2. The summed E-state index contributed by atoms with van der Waals surface area (Å²) in [7, 11) is -3.55. The molecular weight excluding hydrogens is 546 g/mol. The molecule has 1 atom stereocenters. The van der Waals surface area contributed by atoms with Gasteiger partial charge in [-0.15, -0.1) is 24.0 Å². The van der Waals surface area contributed by atoms with E-state index in [1.165, 1.54) is 5.69 Å². The van der Waals surface area contributed by atoms with Crippen molar-refractivity contribution >= 4 is 45.6 Å². The van der Waals surface area contributed by atoms with Crippen molar-refractivity contribution in [2.24, 2.45) is 10.9 Å². The molecule has 0 saturated carbocycles. The van der Waals surface area contributed by atoms with E-state index in [0.29, 0.717) is 29.7 Å². The molecule has 0 bridgehead atoms. The van der Waals surface area contributed by atoms with Crippen LogP contribution in [-0.4, -0.2) is 70.0 Å². The van der Waals surface area contributed by atoms with E-state index in [0.717, 1.165) is 19.5 Å². The van der Waals surface area contributed by atoms with Crippen LogP contribution >= 0.6 is 24.0 Å². The van der Waals surface area contributed by atoms with Crippen LogP contribution in [-0.2, 0) is 10.0 Å². The van der Waals surface area contributed by atoms with Gasteiger partial charge in [-0.25, -0.2) is 8.42 Å². The number of para-hydroxylation sites is 1. The highest BCUT2D eigenvalue weighted by molar-refractivity contribution is 14.0. The normalized spacial score (nSPS) is 21.6. The Morgan fingerprint density at radius 2 is 1.77 bits per heavy atom. The number of sulfonamides is 1. The Hall–Kier alpha value is -1.28. The zero-order valence-corrected chi connectivity index (χ0v) is 20.5. The van der Waals surface area contributed by atoms with Crippen LogP contribution in [0, 0.1) is 5.92 Å². The zero-order chi connectivity index (χ0) is 21.8. The fraction of sp³-hybridized carbons (Fsp3) is 0.632. The van der Waals surface area contributed by atoms with E-state index in [-0.39, 0.29) is 49.0 Å². The lowest BCUT2D eigenvalue weighted by Gasteiger charge is -2.32. The van der Waals surface area contributed by atoms with Gasteiger partial charge in [-0.2, -0.15) is 17.5 Å². The largest absolute Gasteiger partial charge is 0.511 e. The quantitative estimate of drug-likeness (QED) is 0.321. The molecule has 31 heavy (non-hydrogen) atoms. The van der Waals surface area contributed by atoms with Gasteiger partial charge in [0.15, 0.2) is 5.96 Å². The second kappa shape index (κ2) is 11.0. The molecule has 176 valence electrons. The number of nitrogens with zero attached hydrogens (tertiary/aromatic N) is 3. The smallest absolute Gasteiger partial charge is 0.369 e. The Kier molecular flexibility index (Phi) is 9.25. The molecule has 2 fully saturated rings. The number of rotatable bonds is 5. The number of guanidine groups is 1. The maximum Gasteiger partial charge on any atom is 0.511 e. The van der Waals surface area contributed by atoms with E-state index in [2.05, 4.69) is 32.7 Å². The molecule has 0 radical (unpaired) electrons. The summed E-state index contributed by atoms with van der Waals surface area (Å²) in [6.45, 7) is 2.11. The average molecular weight is 575 g/mol. The molecule has 0 aromatic heterocycles. The number of anilines is 1. The number of alkyl halides is 3. The fourth-order valence-electron chi connectivity index (χ4n) is 3.88. The summed E-state index contributed by atoms with van der Waals surface area (Å²) in [5.74, 6) is 0.743. The molecular formula is C19H29F3IN5O2S. The minimum Gasteiger partial charge on any atom is -0.369 e. The highest BCUT2D eigenvalue weighted by Crippen LogP contribution is 2.30. The minimum absolute atomic E-state index is 0. The molecule has 2 heterocycles. The molecule has 1 aromatic rings.